The lowest BCUT2D eigenvalue weighted by atomic mass is 9.99. The molecule has 0 saturated heterocycles. The Morgan fingerprint density at radius 2 is 1.95 bits per heavy atom. The van der Waals surface area contributed by atoms with Crippen LogP contribution < -0.4 is 5.32 Å². The molecule has 0 bridgehead atoms. The smallest absolute Gasteiger partial charge is 0.223 e. The van der Waals surface area contributed by atoms with Crippen LogP contribution in [-0.2, 0) is 4.79 Å². The molecule has 1 atom stereocenters. The SMILES string of the molecule is O=C(NCC[C@@H](O)c1cccc2ccccc12)C1CC1. The number of aliphatic hydroxyl groups is 1. The van der Waals surface area contributed by atoms with Crippen LogP contribution in [0.3, 0.4) is 0 Å². The summed E-state index contributed by atoms with van der Waals surface area (Å²) in [7, 11) is 0. The van der Waals surface area contributed by atoms with Crippen LogP contribution >= 0.6 is 0 Å². The molecule has 1 saturated carbocycles. The maximum absolute atomic E-state index is 11.5. The van der Waals surface area contributed by atoms with Gasteiger partial charge in [-0.1, -0.05) is 42.5 Å². The number of aliphatic hydroxyl groups excluding tert-OH is 1. The van der Waals surface area contributed by atoms with Crippen molar-refractivity contribution < 1.29 is 9.90 Å². The zero-order chi connectivity index (χ0) is 13.9. The molecular formula is C17H19NO2. The summed E-state index contributed by atoms with van der Waals surface area (Å²) in [5, 5.41) is 15.4. The average molecular weight is 269 g/mol. The summed E-state index contributed by atoms with van der Waals surface area (Å²) in [5.74, 6) is 0.361. The molecule has 104 valence electrons. The third-order valence-corrected chi connectivity index (χ3v) is 3.85. The van der Waals surface area contributed by atoms with Crippen LogP contribution in [0.1, 0.15) is 30.9 Å². The molecule has 0 spiro atoms. The van der Waals surface area contributed by atoms with Gasteiger partial charge in [0.15, 0.2) is 0 Å². The van der Waals surface area contributed by atoms with E-state index in [1.165, 1.54) is 0 Å². The van der Waals surface area contributed by atoms with Gasteiger partial charge in [-0.15, -0.1) is 0 Å². The zero-order valence-electron chi connectivity index (χ0n) is 11.4. The molecule has 1 aliphatic rings. The largest absolute Gasteiger partial charge is 0.388 e. The summed E-state index contributed by atoms with van der Waals surface area (Å²) in [5.41, 5.74) is 0.934. The second-order valence-electron chi connectivity index (χ2n) is 5.44. The standard InChI is InChI=1S/C17H19NO2/c19-16(10-11-18-17(20)13-8-9-13)15-7-3-5-12-4-1-2-6-14(12)15/h1-7,13,16,19H,8-11H2,(H,18,20)/t16-/m1/s1. The number of benzene rings is 2. The van der Waals surface area contributed by atoms with E-state index in [1.807, 2.05) is 42.5 Å². The second-order valence-corrected chi connectivity index (χ2v) is 5.44. The molecule has 1 aliphatic carbocycles. The van der Waals surface area contributed by atoms with Crippen molar-refractivity contribution in [3.63, 3.8) is 0 Å². The molecule has 0 heterocycles. The minimum atomic E-state index is -0.541. The number of amides is 1. The maximum atomic E-state index is 11.5. The van der Waals surface area contributed by atoms with Crippen LogP contribution in [0.25, 0.3) is 10.8 Å². The number of rotatable bonds is 5. The van der Waals surface area contributed by atoms with Gasteiger partial charge < -0.3 is 10.4 Å². The lowest BCUT2D eigenvalue weighted by Crippen LogP contribution is -2.26. The van der Waals surface area contributed by atoms with Crippen LogP contribution in [0, 0.1) is 5.92 Å². The van der Waals surface area contributed by atoms with Gasteiger partial charge in [0.1, 0.15) is 0 Å². The Kier molecular flexibility index (Phi) is 3.70. The monoisotopic (exact) mass is 269 g/mol. The molecule has 0 aromatic heterocycles. The lowest BCUT2D eigenvalue weighted by Gasteiger charge is -2.14. The van der Waals surface area contributed by atoms with Crippen LogP contribution in [0.5, 0.6) is 0 Å². The Balaban J connectivity index is 1.65. The molecule has 0 unspecified atom stereocenters. The molecule has 1 fully saturated rings. The van der Waals surface area contributed by atoms with Gasteiger partial charge in [-0.3, -0.25) is 4.79 Å². The molecule has 20 heavy (non-hydrogen) atoms. The summed E-state index contributed by atoms with van der Waals surface area (Å²) in [4.78, 5) is 11.5. The van der Waals surface area contributed by atoms with E-state index in [1.54, 1.807) is 0 Å². The van der Waals surface area contributed by atoms with Crippen LogP contribution in [0.4, 0.5) is 0 Å². The van der Waals surface area contributed by atoms with E-state index >= 15 is 0 Å². The Bertz CT molecular complexity index is 614. The molecule has 3 rings (SSSR count). The van der Waals surface area contributed by atoms with E-state index in [9.17, 15) is 9.90 Å². The predicted molar refractivity (Wildman–Crippen MR) is 79.3 cm³/mol. The van der Waals surface area contributed by atoms with E-state index in [0.717, 1.165) is 29.2 Å². The van der Waals surface area contributed by atoms with Crippen molar-refractivity contribution in [1.82, 2.24) is 5.32 Å². The van der Waals surface area contributed by atoms with Gasteiger partial charge in [0.05, 0.1) is 6.10 Å². The quantitative estimate of drug-likeness (QED) is 0.877. The summed E-state index contributed by atoms with van der Waals surface area (Å²) < 4.78 is 0. The van der Waals surface area contributed by atoms with E-state index in [2.05, 4.69) is 5.32 Å². The Morgan fingerprint density at radius 3 is 2.75 bits per heavy atom. The molecule has 1 amide bonds. The number of fused-ring (bicyclic) bond motifs is 1. The summed E-state index contributed by atoms with van der Waals surface area (Å²) in [6, 6.07) is 14.0. The third kappa shape index (κ3) is 2.83. The fourth-order valence-corrected chi connectivity index (χ4v) is 2.52. The predicted octanol–water partition coefficient (Wildman–Crippen LogP) is 2.79. The molecule has 2 N–H and O–H groups in total. The first kappa shape index (κ1) is 13.1. The molecule has 2 aromatic rings. The number of hydrogen-bond donors (Lipinski definition) is 2. The highest BCUT2D eigenvalue weighted by molar-refractivity contribution is 5.86. The number of hydrogen-bond acceptors (Lipinski definition) is 2. The Labute approximate surface area is 118 Å². The first-order chi connectivity index (χ1) is 9.75. The van der Waals surface area contributed by atoms with Crippen molar-refractivity contribution >= 4 is 16.7 Å². The van der Waals surface area contributed by atoms with Gasteiger partial charge in [-0.05, 0) is 35.6 Å². The van der Waals surface area contributed by atoms with Gasteiger partial charge in [-0.25, -0.2) is 0 Å². The highest BCUT2D eigenvalue weighted by Crippen LogP contribution is 2.29. The first-order valence-electron chi connectivity index (χ1n) is 7.19. The highest BCUT2D eigenvalue weighted by Gasteiger charge is 2.29. The maximum Gasteiger partial charge on any atom is 0.223 e. The average Bonchev–Trinajstić information content (AvgIpc) is 3.31. The van der Waals surface area contributed by atoms with E-state index in [-0.39, 0.29) is 11.8 Å². The fraction of sp³-hybridized carbons (Fsp3) is 0.353. The van der Waals surface area contributed by atoms with Crippen LogP contribution in [0.15, 0.2) is 42.5 Å². The highest BCUT2D eigenvalue weighted by atomic mass is 16.3. The van der Waals surface area contributed by atoms with Crippen molar-refractivity contribution in [2.45, 2.75) is 25.4 Å². The molecule has 3 nitrogen and oxygen atoms in total. The minimum Gasteiger partial charge on any atom is -0.388 e. The second kappa shape index (κ2) is 5.63. The van der Waals surface area contributed by atoms with Gasteiger partial charge in [0.2, 0.25) is 5.91 Å². The number of carbonyl (C=O) groups is 1. The van der Waals surface area contributed by atoms with E-state index in [0.29, 0.717) is 13.0 Å². The molecule has 2 aromatic carbocycles. The fourth-order valence-electron chi connectivity index (χ4n) is 2.52. The van der Waals surface area contributed by atoms with E-state index in [4.69, 9.17) is 0 Å². The summed E-state index contributed by atoms with van der Waals surface area (Å²) in [6.07, 6.45) is 2.03. The number of carbonyl (C=O) groups excluding carboxylic acids is 1. The summed E-state index contributed by atoms with van der Waals surface area (Å²) in [6.45, 7) is 0.528. The van der Waals surface area contributed by atoms with Crippen LogP contribution in [0.2, 0.25) is 0 Å². The van der Waals surface area contributed by atoms with Gasteiger partial charge in [0.25, 0.3) is 0 Å². The molecule has 0 radical (unpaired) electrons. The number of nitrogens with one attached hydrogen (secondary N) is 1. The van der Waals surface area contributed by atoms with Gasteiger partial charge in [-0.2, -0.15) is 0 Å². The Hall–Kier alpha value is -1.87. The topological polar surface area (TPSA) is 49.3 Å². The van der Waals surface area contributed by atoms with Gasteiger partial charge in [0, 0.05) is 12.5 Å². The minimum absolute atomic E-state index is 0.134. The van der Waals surface area contributed by atoms with Crippen molar-refractivity contribution in [1.29, 1.82) is 0 Å². The lowest BCUT2D eigenvalue weighted by molar-refractivity contribution is -0.122. The zero-order valence-corrected chi connectivity index (χ0v) is 11.4. The third-order valence-electron chi connectivity index (χ3n) is 3.85. The Morgan fingerprint density at radius 1 is 1.20 bits per heavy atom. The van der Waals surface area contributed by atoms with Crippen LogP contribution in [-0.4, -0.2) is 17.6 Å². The molecule has 3 heteroatoms. The first-order valence-corrected chi connectivity index (χ1v) is 7.19. The molecule has 0 aliphatic heterocycles. The van der Waals surface area contributed by atoms with Gasteiger partial charge >= 0.3 is 0 Å². The van der Waals surface area contributed by atoms with Crippen molar-refractivity contribution in [3.05, 3.63) is 48.0 Å². The van der Waals surface area contributed by atoms with Crippen molar-refractivity contribution in [2.75, 3.05) is 6.54 Å². The van der Waals surface area contributed by atoms with Crippen molar-refractivity contribution in [3.8, 4) is 0 Å². The van der Waals surface area contributed by atoms with Crippen molar-refractivity contribution in [2.24, 2.45) is 5.92 Å². The molecular weight excluding hydrogens is 250 g/mol. The summed E-state index contributed by atoms with van der Waals surface area (Å²) >= 11 is 0. The normalized spacial score (nSPS) is 16.1. The van der Waals surface area contributed by atoms with E-state index < -0.39 is 6.10 Å².